The molecule has 2 N–H and O–H groups in total. The lowest BCUT2D eigenvalue weighted by molar-refractivity contribution is -0.385. The molecule has 2 rings (SSSR count). The Morgan fingerprint density at radius 2 is 2.05 bits per heavy atom. The number of rotatable bonds is 2. The number of nitro groups is 1. The van der Waals surface area contributed by atoms with Gasteiger partial charge < -0.3 is 15.2 Å². The number of morpholine rings is 1. The lowest BCUT2D eigenvalue weighted by Crippen LogP contribution is -2.30. The van der Waals surface area contributed by atoms with E-state index in [9.17, 15) is 14.9 Å². The predicted octanol–water partition coefficient (Wildman–Crippen LogP) is 1.21. The average molecular weight is 268 g/mol. The van der Waals surface area contributed by atoms with Crippen molar-refractivity contribution in [2.24, 2.45) is 0 Å². The number of carbonyl (C=O) groups is 1. The molecule has 1 fully saturated rings. The highest BCUT2D eigenvalue weighted by molar-refractivity contribution is 5.88. The van der Waals surface area contributed by atoms with Crippen molar-refractivity contribution in [1.29, 1.82) is 0 Å². The maximum absolute atomic E-state index is 10.5. The van der Waals surface area contributed by atoms with Crippen LogP contribution in [-0.4, -0.2) is 42.3 Å². The number of nitrogens with one attached hydrogen (secondary N) is 1. The summed E-state index contributed by atoms with van der Waals surface area (Å²) in [6.07, 6.45) is 0. The van der Waals surface area contributed by atoms with Crippen LogP contribution in [0.15, 0.2) is 18.2 Å². The van der Waals surface area contributed by atoms with E-state index < -0.39 is 10.9 Å². The topological polar surface area (TPSA) is 102 Å². The molecular weight excluding hydrogens is 252 g/mol. The maximum atomic E-state index is 10.5. The standard InChI is InChI=1S/C8H7NO4.C4H9NO/c1-5-2-3-6(8(10)11)4-7(5)9(12)13;1-3-6-4-2-5-1/h2-4H,1H3,(H,10,11);5H,1-4H2. The molecule has 0 saturated carbocycles. The fraction of sp³-hybridized carbons (Fsp3) is 0.417. The Morgan fingerprint density at radius 3 is 2.42 bits per heavy atom. The molecule has 0 aromatic heterocycles. The van der Waals surface area contributed by atoms with Crippen LogP contribution in [0.4, 0.5) is 5.69 Å². The second kappa shape index (κ2) is 7.45. The van der Waals surface area contributed by atoms with Gasteiger partial charge in [0.25, 0.3) is 5.69 Å². The van der Waals surface area contributed by atoms with Crippen LogP contribution >= 0.6 is 0 Å². The summed E-state index contributed by atoms with van der Waals surface area (Å²) in [4.78, 5) is 20.3. The predicted molar refractivity (Wildman–Crippen MR) is 68.5 cm³/mol. The van der Waals surface area contributed by atoms with Crippen LogP contribution in [-0.2, 0) is 4.74 Å². The second-order valence-corrected chi connectivity index (χ2v) is 3.93. The number of benzene rings is 1. The van der Waals surface area contributed by atoms with Gasteiger partial charge in [0.1, 0.15) is 0 Å². The minimum atomic E-state index is -1.16. The smallest absolute Gasteiger partial charge is 0.335 e. The van der Waals surface area contributed by atoms with Crippen molar-refractivity contribution in [3.8, 4) is 0 Å². The molecule has 7 nitrogen and oxygen atoms in total. The summed E-state index contributed by atoms with van der Waals surface area (Å²) in [7, 11) is 0. The summed E-state index contributed by atoms with van der Waals surface area (Å²) in [6.45, 7) is 5.39. The van der Waals surface area contributed by atoms with Crippen molar-refractivity contribution in [2.75, 3.05) is 26.3 Å². The molecule has 7 heteroatoms. The van der Waals surface area contributed by atoms with Crippen molar-refractivity contribution in [1.82, 2.24) is 5.32 Å². The van der Waals surface area contributed by atoms with E-state index in [4.69, 9.17) is 9.84 Å². The van der Waals surface area contributed by atoms with Crippen molar-refractivity contribution in [3.63, 3.8) is 0 Å². The minimum Gasteiger partial charge on any atom is -0.478 e. The lowest BCUT2D eigenvalue weighted by atomic mass is 10.1. The van der Waals surface area contributed by atoms with Gasteiger partial charge in [0, 0.05) is 24.7 Å². The molecule has 0 atom stereocenters. The quantitative estimate of drug-likeness (QED) is 0.617. The first-order chi connectivity index (χ1) is 9.02. The van der Waals surface area contributed by atoms with E-state index in [-0.39, 0.29) is 11.3 Å². The Balaban J connectivity index is 0.000000250. The van der Waals surface area contributed by atoms with Gasteiger partial charge in [-0.05, 0) is 13.0 Å². The molecule has 0 bridgehead atoms. The van der Waals surface area contributed by atoms with Gasteiger partial charge in [-0.3, -0.25) is 10.1 Å². The molecule has 1 aromatic rings. The van der Waals surface area contributed by atoms with Gasteiger partial charge in [0.05, 0.1) is 23.7 Å². The van der Waals surface area contributed by atoms with Crippen molar-refractivity contribution >= 4 is 11.7 Å². The number of aryl methyl sites for hydroxylation is 1. The molecule has 1 aromatic carbocycles. The third-order valence-corrected chi connectivity index (χ3v) is 2.50. The third-order valence-electron chi connectivity index (χ3n) is 2.50. The summed E-state index contributed by atoms with van der Waals surface area (Å²) in [5.74, 6) is -1.16. The van der Waals surface area contributed by atoms with E-state index in [0.717, 1.165) is 32.4 Å². The number of nitrogens with zero attached hydrogens (tertiary/aromatic N) is 1. The minimum absolute atomic E-state index is 0.0719. The van der Waals surface area contributed by atoms with Crippen LogP contribution in [0.1, 0.15) is 15.9 Å². The normalized spacial score (nSPS) is 14.2. The molecule has 0 amide bonds. The summed E-state index contributed by atoms with van der Waals surface area (Å²) >= 11 is 0. The summed E-state index contributed by atoms with van der Waals surface area (Å²) < 4.78 is 5.01. The summed E-state index contributed by atoms with van der Waals surface area (Å²) in [5, 5.41) is 22.1. The molecule has 0 radical (unpaired) electrons. The van der Waals surface area contributed by atoms with Gasteiger partial charge in [0.15, 0.2) is 0 Å². The molecule has 1 aliphatic rings. The monoisotopic (exact) mass is 268 g/mol. The fourth-order valence-electron chi connectivity index (χ4n) is 1.45. The molecule has 0 spiro atoms. The highest BCUT2D eigenvalue weighted by Crippen LogP contribution is 2.18. The zero-order valence-corrected chi connectivity index (χ0v) is 10.6. The number of carboxylic acids is 1. The van der Waals surface area contributed by atoms with Crippen LogP contribution in [0.2, 0.25) is 0 Å². The molecule has 1 saturated heterocycles. The fourth-order valence-corrected chi connectivity index (χ4v) is 1.45. The molecule has 1 aliphatic heterocycles. The first kappa shape index (κ1) is 15.1. The van der Waals surface area contributed by atoms with Gasteiger partial charge in [-0.15, -0.1) is 0 Å². The van der Waals surface area contributed by atoms with Crippen molar-refractivity contribution in [3.05, 3.63) is 39.4 Å². The average Bonchev–Trinajstić information content (AvgIpc) is 2.41. The van der Waals surface area contributed by atoms with Crippen molar-refractivity contribution in [2.45, 2.75) is 6.92 Å². The highest BCUT2D eigenvalue weighted by Gasteiger charge is 2.13. The molecular formula is C12H16N2O5. The van der Waals surface area contributed by atoms with E-state index in [1.165, 1.54) is 12.1 Å². The van der Waals surface area contributed by atoms with Gasteiger partial charge >= 0.3 is 5.97 Å². The molecule has 1 heterocycles. The number of aromatic carboxylic acids is 1. The zero-order valence-electron chi connectivity index (χ0n) is 10.6. The van der Waals surface area contributed by atoms with Gasteiger partial charge in [-0.2, -0.15) is 0 Å². The Bertz CT molecular complexity index is 446. The highest BCUT2D eigenvalue weighted by atomic mass is 16.6. The van der Waals surface area contributed by atoms with Crippen LogP contribution in [0.25, 0.3) is 0 Å². The van der Waals surface area contributed by atoms with E-state index in [1.807, 2.05) is 0 Å². The van der Waals surface area contributed by atoms with Crippen molar-refractivity contribution < 1.29 is 19.6 Å². The summed E-state index contributed by atoms with van der Waals surface area (Å²) in [6, 6.07) is 3.81. The lowest BCUT2D eigenvalue weighted by Gasteiger charge is -2.10. The summed E-state index contributed by atoms with van der Waals surface area (Å²) in [5.41, 5.74) is 0.215. The Morgan fingerprint density at radius 1 is 1.42 bits per heavy atom. The number of hydrogen-bond acceptors (Lipinski definition) is 5. The Hall–Kier alpha value is -1.99. The molecule has 19 heavy (non-hydrogen) atoms. The Kier molecular flexibility index (Phi) is 5.91. The van der Waals surface area contributed by atoms with Gasteiger partial charge in [-0.25, -0.2) is 4.79 Å². The van der Waals surface area contributed by atoms with E-state index in [1.54, 1.807) is 6.92 Å². The van der Waals surface area contributed by atoms with Crippen LogP contribution in [0.5, 0.6) is 0 Å². The number of carboxylic acid groups (broad SMARTS) is 1. The van der Waals surface area contributed by atoms with E-state index >= 15 is 0 Å². The zero-order chi connectivity index (χ0) is 14.3. The number of hydrogen-bond donors (Lipinski definition) is 2. The first-order valence-corrected chi connectivity index (χ1v) is 5.79. The first-order valence-electron chi connectivity index (χ1n) is 5.79. The third kappa shape index (κ3) is 5.02. The number of nitro benzene ring substituents is 1. The van der Waals surface area contributed by atoms with Crippen LogP contribution in [0, 0.1) is 17.0 Å². The van der Waals surface area contributed by atoms with Crippen LogP contribution < -0.4 is 5.32 Å². The molecule has 0 aliphatic carbocycles. The van der Waals surface area contributed by atoms with E-state index in [2.05, 4.69) is 5.32 Å². The van der Waals surface area contributed by atoms with Gasteiger partial charge in [-0.1, -0.05) is 6.07 Å². The maximum Gasteiger partial charge on any atom is 0.335 e. The largest absolute Gasteiger partial charge is 0.478 e. The SMILES string of the molecule is C1COCCN1.Cc1ccc(C(=O)O)cc1[N+](=O)[O-]. The molecule has 104 valence electrons. The van der Waals surface area contributed by atoms with E-state index in [0.29, 0.717) is 5.56 Å². The van der Waals surface area contributed by atoms with Crippen LogP contribution in [0.3, 0.4) is 0 Å². The second-order valence-electron chi connectivity index (χ2n) is 3.93. The molecule has 0 unspecified atom stereocenters. The van der Waals surface area contributed by atoms with Gasteiger partial charge in [0.2, 0.25) is 0 Å². The number of ether oxygens (including phenoxy) is 1. The Labute approximate surface area is 110 Å².